The van der Waals surface area contributed by atoms with Crippen LogP contribution in [0.2, 0.25) is 0 Å². The molecule has 128 valence electrons. The molecule has 0 aliphatic rings. The quantitative estimate of drug-likeness (QED) is 0.711. The lowest BCUT2D eigenvalue weighted by Gasteiger charge is -2.14. The van der Waals surface area contributed by atoms with E-state index < -0.39 is 5.97 Å². The van der Waals surface area contributed by atoms with Crippen LogP contribution in [0.25, 0.3) is 0 Å². The Morgan fingerprint density at radius 1 is 1.08 bits per heavy atom. The van der Waals surface area contributed by atoms with Gasteiger partial charge >= 0.3 is 5.97 Å². The minimum atomic E-state index is -1.03. The summed E-state index contributed by atoms with van der Waals surface area (Å²) in [5.41, 5.74) is 2.31. The number of hydrogen-bond acceptors (Lipinski definition) is 4. The second kappa shape index (κ2) is 8.06. The van der Waals surface area contributed by atoms with Crippen molar-refractivity contribution in [3.8, 4) is 17.2 Å². The van der Waals surface area contributed by atoms with Gasteiger partial charge in [-0.15, -0.1) is 0 Å². The van der Waals surface area contributed by atoms with Crippen LogP contribution in [0.1, 0.15) is 21.5 Å². The molecule has 0 fully saturated rings. The van der Waals surface area contributed by atoms with Crippen LogP contribution in [0.3, 0.4) is 0 Å². The first kappa shape index (κ1) is 18.1. The SMILES string of the molecule is COc1cc(C(=O)O)cc(Br)c1OCCOc1cc(C)ccc1C. The summed E-state index contributed by atoms with van der Waals surface area (Å²) < 4.78 is 17.2. The second-order valence-corrected chi connectivity index (χ2v) is 6.11. The van der Waals surface area contributed by atoms with Crippen LogP contribution in [0, 0.1) is 13.8 Å². The van der Waals surface area contributed by atoms with Crippen molar-refractivity contribution in [2.45, 2.75) is 13.8 Å². The first-order valence-electron chi connectivity index (χ1n) is 7.36. The Bertz CT molecular complexity index is 742. The highest BCUT2D eigenvalue weighted by Crippen LogP contribution is 2.36. The van der Waals surface area contributed by atoms with Crippen LogP contribution >= 0.6 is 15.9 Å². The van der Waals surface area contributed by atoms with Gasteiger partial charge in [-0.3, -0.25) is 0 Å². The summed E-state index contributed by atoms with van der Waals surface area (Å²) in [5.74, 6) is 0.602. The van der Waals surface area contributed by atoms with Crippen LogP contribution in [-0.4, -0.2) is 31.4 Å². The Kier molecular flexibility index (Phi) is 6.09. The molecule has 0 radical (unpaired) electrons. The maximum atomic E-state index is 11.1. The van der Waals surface area contributed by atoms with Gasteiger partial charge in [0.1, 0.15) is 19.0 Å². The van der Waals surface area contributed by atoms with E-state index in [0.717, 1.165) is 16.9 Å². The highest BCUT2D eigenvalue weighted by Gasteiger charge is 2.15. The Labute approximate surface area is 149 Å². The first-order chi connectivity index (χ1) is 11.4. The van der Waals surface area contributed by atoms with Crippen molar-refractivity contribution in [1.29, 1.82) is 0 Å². The summed E-state index contributed by atoms with van der Waals surface area (Å²) in [7, 11) is 1.47. The normalized spacial score (nSPS) is 10.3. The molecule has 0 bridgehead atoms. The molecule has 2 rings (SSSR count). The number of halogens is 1. The number of carbonyl (C=O) groups is 1. The molecule has 0 unspecified atom stereocenters. The van der Waals surface area contributed by atoms with E-state index in [1.54, 1.807) is 0 Å². The van der Waals surface area contributed by atoms with E-state index in [1.165, 1.54) is 19.2 Å². The second-order valence-electron chi connectivity index (χ2n) is 5.26. The number of carboxylic acids is 1. The molecule has 0 atom stereocenters. The summed E-state index contributed by atoms with van der Waals surface area (Å²) in [4.78, 5) is 11.1. The largest absolute Gasteiger partial charge is 0.493 e. The minimum Gasteiger partial charge on any atom is -0.493 e. The van der Waals surface area contributed by atoms with Crippen molar-refractivity contribution >= 4 is 21.9 Å². The summed E-state index contributed by atoms with van der Waals surface area (Å²) in [5, 5.41) is 9.07. The molecule has 2 aromatic carbocycles. The fourth-order valence-electron chi connectivity index (χ4n) is 2.14. The summed E-state index contributed by atoms with van der Waals surface area (Å²) in [6.07, 6.45) is 0. The Morgan fingerprint density at radius 2 is 1.79 bits per heavy atom. The lowest BCUT2D eigenvalue weighted by Crippen LogP contribution is -2.11. The zero-order chi connectivity index (χ0) is 17.7. The third-order valence-electron chi connectivity index (χ3n) is 3.41. The molecule has 0 aliphatic heterocycles. The van der Waals surface area contributed by atoms with Crippen molar-refractivity contribution in [3.05, 3.63) is 51.5 Å². The van der Waals surface area contributed by atoms with Gasteiger partial charge in [0.2, 0.25) is 0 Å². The zero-order valence-corrected chi connectivity index (χ0v) is 15.3. The van der Waals surface area contributed by atoms with Gasteiger partial charge in [-0.25, -0.2) is 4.79 Å². The summed E-state index contributed by atoms with van der Waals surface area (Å²) in [6.45, 7) is 4.66. The number of aryl methyl sites for hydroxylation is 2. The van der Waals surface area contributed by atoms with Gasteiger partial charge in [0, 0.05) is 0 Å². The Hall–Kier alpha value is -2.21. The van der Waals surface area contributed by atoms with Crippen molar-refractivity contribution in [3.63, 3.8) is 0 Å². The predicted octanol–water partition coefficient (Wildman–Crippen LogP) is 4.23. The van der Waals surface area contributed by atoms with Crippen molar-refractivity contribution in [2.24, 2.45) is 0 Å². The van der Waals surface area contributed by atoms with Gasteiger partial charge in [0.05, 0.1) is 17.1 Å². The van der Waals surface area contributed by atoms with Crippen LogP contribution in [0.5, 0.6) is 17.2 Å². The number of benzene rings is 2. The smallest absolute Gasteiger partial charge is 0.335 e. The molecular formula is C18H19BrO5. The molecule has 0 amide bonds. The third kappa shape index (κ3) is 4.41. The maximum absolute atomic E-state index is 11.1. The number of hydrogen-bond donors (Lipinski definition) is 1. The minimum absolute atomic E-state index is 0.123. The number of aromatic carboxylic acids is 1. The predicted molar refractivity (Wildman–Crippen MR) is 94.6 cm³/mol. The Morgan fingerprint density at radius 3 is 2.46 bits per heavy atom. The third-order valence-corrected chi connectivity index (χ3v) is 4.00. The lowest BCUT2D eigenvalue weighted by molar-refractivity contribution is 0.0696. The molecule has 2 aromatic rings. The molecule has 0 aliphatic carbocycles. The van der Waals surface area contributed by atoms with E-state index in [1.807, 2.05) is 32.0 Å². The van der Waals surface area contributed by atoms with Gasteiger partial charge in [-0.2, -0.15) is 0 Å². The molecule has 0 heterocycles. The molecule has 0 spiro atoms. The van der Waals surface area contributed by atoms with Gasteiger partial charge in [-0.05, 0) is 59.1 Å². The lowest BCUT2D eigenvalue weighted by atomic mass is 10.1. The van der Waals surface area contributed by atoms with Gasteiger partial charge in [0.15, 0.2) is 11.5 Å². The standard InChI is InChI=1S/C18H19BrO5/c1-11-4-5-12(2)15(8-11)23-6-7-24-17-14(19)9-13(18(20)21)10-16(17)22-3/h4-5,8-10H,6-7H2,1-3H3,(H,20,21). The van der Waals surface area contributed by atoms with E-state index in [-0.39, 0.29) is 5.56 Å². The van der Waals surface area contributed by atoms with Crippen molar-refractivity contribution in [1.82, 2.24) is 0 Å². The van der Waals surface area contributed by atoms with Crippen LogP contribution < -0.4 is 14.2 Å². The van der Waals surface area contributed by atoms with E-state index >= 15 is 0 Å². The van der Waals surface area contributed by atoms with E-state index in [9.17, 15) is 4.79 Å². The zero-order valence-electron chi connectivity index (χ0n) is 13.8. The Balaban J connectivity index is 2.01. The monoisotopic (exact) mass is 394 g/mol. The molecule has 5 nitrogen and oxygen atoms in total. The van der Waals surface area contributed by atoms with E-state index in [4.69, 9.17) is 19.3 Å². The summed E-state index contributed by atoms with van der Waals surface area (Å²) >= 11 is 3.32. The highest BCUT2D eigenvalue weighted by molar-refractivity contribution is 9.10. The molecular weight excluding hydrogens is 376 g/mol. The number of ether oxygens (including phenoxy) is 3. The number of methoxy groups -OCH3 is 1. The van der Waals surface area contributed by atoms with Gasteiger partial charge < -0.3 is 19.3 Å². The number of rotatable bonds is 7. The van der Waals surface area contributed by atoms with Crippen molar-refractivity contribution in [2.75, 3.05) is 20.3 Å². The van der Waals surface area contributed by atoms with Crippen LogP contribution in [0.15, 0.2) is 34.8 Å². The molecule has 24 heavy (non-hydrogen) atoms. The maximum Gasteiger partial charge on any atom is 0.335 e. The number of carboxylic acid groups (broad SMARTS) is 1. The molecule has 0 saturated carbocycles. The average molecular weight is 395 g/mol. The fraction of sp³-hybridized carbons (Fsp3) is 0.278. The van der Waals surface area contributed by atoms with Gasteiger partial charge in [-0.1, -0.05) is 12.1 Å². The molecule has 6 heteroatoms. The average Bonchev–Trinajstić information content (AvgIpc) is 2.55. The van der Waals surface area contributed by atoms with Crippen molar-refractivity contribution < 1.29 is 24.1 Å². The topological polar surface area (TPSA) is 65.0 Å². The van der Waals surface area contributed by atoms with Crippen LogP contribution in [-0.2, 0) is 0 Å². The van der Waals surface area contributed by atoms with E-state index in [0.29, 0.717) is 29.2 Å². The molecule has 0 saturated heterocycles. The van der Waals surface area contributed by atoms with Crippen LogP contribution in [0.4, 0.5) is 0 Å². The molecule has 1 N–H and O–H groups in total. The molecule has 0 aromatic heterocycles. The van der Waals surface area contributed by atoms with Gasteiger partial charge in [0.25, 0.3) is 0 Å². The highest BCUT2D eigenvalue weighted by atomic mass is 79.9. The first-order valence-corrected chi connectivity index (χ1v) is 8.15. The fourth-order valence-corrected chi connectivity index (χ4v) is 2.70. The van der Waals surface area contributed by atoms with E-state index in [2.05, 4.69) is 15.9 Å². The summed E-state index contributed by atoms with van der Waals surface area (Å²) in [6, 6.07) is 8.92.